The van der Waals surface area contributed by atoms with Crippen LogP contribution in [0, 0.1) is 10.1 Å². The highest BCUT2D eigenvalue weighted by Crippen LogP contribution is 2.38. The largest absolute Gasteiger partial charge is 0.493 e. The van der Waals surface area contributed by atoms with Gasteiger partial charge >= 0.3 is 6.03 Å². The van der Waals surface area contributed by atoms with Gasteiger partial charge < -0.3 is 18.9 Å². The van der Waals surface area contributed by atoms with Crippen molar-refractivity contribution < 1.29 is 38.3 Å². The highest BCUT2D eigenvalue weighted by molar-refractivity contribution is 6.39. The van der Waals surface area contributed by atoms with Gasteiger partial charge in [-0.1, -0.05) is 30.3 Å². The number of methoxy groups -OCH3 is 1. The van der Waals surface area contributed by atoms with Crippen LogP contribution in [0.4, 0.5) is 16.2 Å². The Hall–Kier alpha value is -5.39. The van der Waals surface area contributed by atoms with Crippen LogP contribution in [0.1, 0.15) is 11.1 Å². The second kappa shape index (κ2) is 9.93. The van der Waals surface area contributed by atoms with E-state index in [9.17, 15) is 24.5 Å². The van der Waals surface area contributed by atoms with Crippen molar-refractivity contribution in [2.45, 2.75) is 6.61 Å². The Morgan fingerprint density at radius 2 is 1.79 bits per heavy atom. The molecule has 3 aromatic rings. The summed E-state index contributed by atoms with van der Waals surface area (Å²) in [6.07, 6.45) is 1.03. The minimum Gasteiger partial charge on any atom is -0.493 e. The van der Waals surface area contributed by atoms with E-state index in [0.29, 0.717) is 11.5 Å². The molecule has 12 nitrogen and oxygen atoms in total. The van der Waals surface area contributed by atoms with Crippen molar-refractivity contribution in [3.63, 3.8) is 0 Å². The zero-order chi connectivity index (χ0) is 26.8. The number of carbonyl (C=O) groups excluding carboxylic acids is 3. The van der Waals surface area contributed by atoms with Gasteiger partial charge in [-0.05, 0) is 29.8 Å². The van der Waals surface area contributed by atoms with Crippen LogP contribution >= 0.6 is 0 Å². The number of nitro benzene ring substituents is 1. The van der Waals surface area contributed by atoms with E-state index in [1.54, 1.807) is 0 Å². The van der Waals surface area contributed by atoms with Crippen molar-refractivity contribution in [1.82, 2.24) is 5.32 Å². The Bertz CT molecular complexity index is 1500. The first kappa shape index (κ1) is 24.3. The van der Waals surface area contributed by atoms with Crippen LogP contribution in [0.25, 0.3) is 6.08 Å². The first-order valence-corrected chi connectivity index (χ1v) is 11.2. The number of hydrogen-bond donors (Lipinski definition) is 1. The summed E-state index contributed by atoms with van der Waals surface area (Å²) in [5.74, 6) is -0.989. The number of fused-ring (bicyclic) bond motifs is 1. The van der Waals surface area contributed by atoms with Gasteiger partial charge in [-0.3, -0.25) is 25.0 Å². The highest BCUT2D eigenvalue weighted by atomic mass is 16.7. The molecular formula is C26H19N3O9. The number of carbonyl (C=O) groups is 3. The molecule has 38 heavy (non-hydrogen) atoms. The predicted molar refractivity (Wildman–Crippen MR) is 132 cm³/mol. The van der Waals surface area contributed by atoms with Crippen LogP contribution in [0.5, 0.6) is 23.0 Å². The summed E-state index contributed by atoms with van der Waals surface area (Å²) in [4.78, 5) is 50.4. The molecule has 1 fully saturated rings. The fourth-order valence-corrected chi connectivity index (χ4v) is 3.92. The maximum atomic E-state index is 13.3. The van der Waals surface area contributed by atoms with Crippen LogP contribution in [0.15, 0.2) is 66.2 Å². The molecule has 0 atom stereocenters. The molecule has 0 bridgehead atoms. The molecule has 2 heterocycles. The number of rotatable bonds is 7. The second-order valence-electron chi connectivity index (χ2n) is 8.09. The normalized spacial score (nSPS) is 15.4. The van der Waals surface area contributed by atoms with Gasteiger partial charge in [-0.2, -0.15) is 0 Å². The fraction of sp³-hybridized carbons (Fsp3) is 0.115. The average Bonchev–Trinajstić information content (AvgIpc) is 3.38. The van der Waals surface area contributed by atoms with E-state index in [2.05, 4.69) is 5.32 Å². The van der Waals surface area contributed by atoms with Crippen molar-refractivity contribution >= 4 is 35.3 Å². The van der Waals surface area contributed by atoms with Crippen molar-refractivity contribution in [3.05, 3.63) is 87.5 Å². The number of benzene rings is 3. The first-order chi connectivity index (χ1) is 18.4. The van der Waals surface area contributed by atoms with Crippen molar-refractivity contribution in [1.29, 1.82) is 0 Å². The summed E-state index contributed by atoms with van der Waals surface area (Å²) >= 11 is 0. The first-order valence-electron chi connectivity index (χ1n) is 11.2. The van der Waals surface area contributed by atoms with E-state index in [0.717, 1.165) is 22.6 Å². The lowest BCUT2D eigenvalue weighted by Crippen LogP contribution is -2.54. The van der Waals surface area contributed by atoms with Gasteiger partial charge in [0, 0.05) is 6.07 Å². The van der Waals surface area contributed by atoms with Gasteiger partial charge in [-0.25, -0.2) is 9.69 Å². The summed E-state index contributed by atoms with van der Waals surface area (Å²) in [6, 6.07) is 15.0. The topological polar surface area (TPSA) is 147 Å². The lowest BCUT2D eigenvalue weighted by molar-refractivity contribution is -0.385. The summed E-state index contributed by atoms with van der Waals surface area (Å²) in [5, 5.41) is 14.0. The molecule has 0 unspecified atom stereocenters. The summed E-state index contributed by atoms with van der Waals surface area (Å²) < 4.78 is 21.6. The molecule has 1 N–H and O–H groups in total. The van der Waals surface area contributed by atoms with E-state index in [1.807, 2.05) is 30.3 Å². The van der Waals surface area contributed by atoms with Gasteiger partial charge in [0.1, 0.15) is 12.2 Å². The molecule has 5 rings (SSSR count). The van der Waals surface area contributed by atoms with Gasteiger partial charge in [0.25, 0.3) is 17.5 Å². The van der Waals surface area contributed by atoms with E-state index in [1.165, 1.54) is 31.4 Å². The Morgan fingerprint density at radius 3 is 2.53 bits per heavy atom. The number of imide groups is 2. The average molecular weight is 517 g/mol. The molecule has 0 aromatic heterocycles. The zero-order valence-corrected chi connectivity index (χ0v) is 19.8. The van der Waals surface area contributed by atoms with E-state index in [-0.39, 0.29) is 36.1 Å². The van der Waals surface area contributed by atoms with Crippen LogP contribution in [0.2, 0.25) is 0 Å². The van der Waals surface area contributed by atoms with Crippen LogP contribution in [0.3, 0.4) is 0 Å². The Balaban J connectivity index is 1.51. The molecular weight excluding hydrogens is 498 g/mol. The third kappa shape index (κ3) is 4.57. The molecule has 3 aromatic carbocycles. The maximum Gasteiger partial charge on any atom is 0.335 e. The molecule has 2 aliphatic rings. The highest BCUT2D eigenvalue weighted by Gasteiger charge is 2.38. The second-order valence-corrected chi connectivity index (χ2v) is 8.09. The quantitative estimate of drug-likeness (QED) is 0.215. The Kier molecular flexibility index (Phi) is 6.35. The Morgan fingerprint density at radius 1 is 1.03 bits per heavy atom. The van der Waals surface area contributed by atoms with Crippen molar-refractivity contribution in [2.75, 3.05) is 18.8 Å². The van der Waals surface area contributed by atoms with Gasteiger partial charge in [0.05, 0.1) is 29.4 Å². The maximum absolute atomic E-state index is 13.3. The van der Waals surface area contributed by atoms with Crippen molar-refractivity contribution in [2.24, 2.45) is 0 Å². The number of ether oxygens (including phenoxy) is 4. The standard InChI is InChI=1S/C26H19N3O9/c1-35-21-10-16(19(29(33)34)12-23(21)36-13-15-5-3-2-4-6-15)9-18-24(30)27-26(32)28(25(18)31)17-7-8-20-22(11-17)38-14-37-20/h2-12H,13-14H2,1H3,(H,27,30,32)/b18-9+. The molecule has 4 amide bonds. The van der Waals surface area contributed by atoms with Crippen molar-refractivity contribution in [3.8, 4) is 23.0 Å². The van der Waals surface area contributed by atoms with Gasteiger partial charge in [0.2, 0.25) is 6.79 Å². The van der Waals surface area contributed by atoms with E-state index < -0.39 is 34.0 Å². The third-order valence-electron chi connectivity index (χ3n) is 5.76. The molecule has 12 heteroatoms. The number of urea groups is 1. The van der Waals surface area contributed by atoms with Crippen LogP contribution in [-0.4, -0.2) is 36.7 Å². The van der Waals surface area contributed by atoms with Crippen LogP contribution < -0.4 is 29.2 Å². The Labute approximate surface area is 215 Å². The zero-order valence-electron chi connectivity index (χ0n) is 19.8. The van der Waals surface area contributed by atoms with E-state index >= 15 is 0 Å². The number of amides is 4. The minimum absolute atomic E-state index is 0.0148. The van der Waals surface area contributed by atoms with Crippen LogP contribution in [-0.2, 0) is 16.2 Å². The predicted octanol–water partition coefficient (Wildman–Crippen LogP) is 3.58. The van der Waals surface area contributed by atoms with Gasteiger partial charge in [0.15, 0.2) is 23.0 Å². The molecule has 0 spiro atoms. The smallest absolute Gasteiger partial charge is 0.335 e. The third-order valence-corrected chi connectivity index (χ3v) is 5.76. The molecule has 192 valence electrons. The lowest BCUT2D eigenvalue weighted by Gasteiger charge is -2.26. The number of nitrogens with one attached hydrogen (secondary N) is 1. The monoisotopic (exact) mass is 517 g/mol. The molecule has 0 aliphatic carbocycles. The number of barbiturate groups is 1. The lowest BCUT2D eigenvalue weighted by atomic mass is 10.0. The molecule has 2 aliphatic heterocycles. The summed E-state index contributed by atoms with van der Waals surface area (Å²) in [5.41, 5.74) is -0.0793. The minimum atomic E-state index is -1.00. The molecule has 0 radical (unpaired) electrons. The summed E-state index contributed by atoms with van der Waals surface area (Å²) in [7, 11) is 1.35. The fourth-order valence-electron chi connectivity index (χ4n) is 3.92. The number of anilines is 1. The summed E-state index contributed by atoms with van der Waals surface area (Å²) in [6.45, 7) is 0.113. The molecule has 1 saturated heterocycles. The SMILES string of the molecule is COc1cc(/C=C2\C(=O)NC(=O)N(c3ccc4c(c3)OCO4)C2=O)c([N+](=O)[O-])cc1OCc1ccccc1. The van der Waals surface area contributed by atoms with Gasteiger partial charge in [-0.15, -0.1) is 0 Å². The number of nitro groups is 1. The number of nitrogens with zero attached hydrogens (tertiary/aromatic N) is 2. The van der Waals surface area contributed by atoms with E-state index in [4.69, 9.17) is 18.9 Å². The molecule has 0 saturated carbocycles. The number of hydrogen-bond acceptors (Lipinski definition) is 9.